The van der Waals surface area contributed by atoms with Crippen molar-refractivity contribution in [3.63, 3.8) is 0 Å². The van der Waals surface area contributed by atoms with Crippen LogP contribution < -0.4 is 0 Å². The van der Waals surface area contributed by atoms with E-state index in [1.54, 1.807) is 11.0 Å². The van der Waals surface area contributed by atoms with E-state index in [4.69, 9.17) is 5.10 Å². The Hall–Kier alpha value is -2.75. The molecule has 2 aliphatic rings. The van der Waals surface area contributed by atoms with E-state index >= 15 is 0 Å². The normalized spacial score (nSPS) is 26.7. The van der Waals surface area contributed by atoms with Crippen LogP contribution in [0.4, 0.5) is 0 Å². The molecule has 0 amide bonds. The summed E-state index contributed by atoms with van der Waals surface area (Å²) in [6.45, 7) is 6.01. The van der Waals surface area contributed by atoms with Crippen molar-refractivity contribution in [2.45, 2.75) is 39.0 Å². The summed E-state index contributed by atoms with van der Waals surface area (Å²) in [5, 5.41) is 18.8. The first-order chi connectivity index (χ1) is 12.2. The van der Waals surface area contributed by atoms with Crippen LogP contribution in [-0.2, 0) is 30.7 Å². The van der Waals surface area contributed by atoms with Crippen LogP contribution in [0.2, 0.25) is 0 Å². The number of carbonyl (C=O) groups excluding carboxylic acids is 1. The molecule has 2 atom stereocenters. The van der Waals surface area contributed by atoms with E-state index in [-0.39, 0.29) is 17.3 Å². The number of hydrogen-bond acceptors (Lipinski definition) is 5. The fourth-order valence-electron chi connectivity index (χ4n) is 4.95. The van der Waals surface area contributed by atoms with Gasteiger partial charge in [0.15, 0.2) is 11.6 Å². The Morgan fingerprint density at radius 2 is 2.00 bits per heavy atom. The van der Waals surface area contributed by atoms with Crippen LogP contribution in [0, 0.1) is 22.7 Å². The SMILES string of the molecule is Cn1cnc(-c2c3c(nn2C)[C@@]2(C)C=C(C#N)C(=O)C(C)(C)C2CC3)n1. The second-order valence-electron chi connectivity index (χ2n) is 8.14. The molecule has 0 aromatic carbocycles. The molecule has 7 heteroatoms. The van der Waals surface area contributed by atoms with E-state index in [2.05, 4.69) is 23.1 Å². The highest BCUT2D eigenvalue weighted by Gasteiger charge is 2.55. The monoisotopic (exact) mass is 350 g/mol. The summed E-state index contributed by atoms with van der Waals surface area (Å²) < 4.78 is 3.51. The molecule has 2 aliphatic carbocycles. The van der Waals surface area contributed by atoms with Crippen LogP contribution >= 0.6 is 0 Å². The summed E-state index contributed by atoms with van der Waals surface area (Å²) in [5.41, 5.74) is 2.17. The van der Waals surface area contributed by atoms with Gasteiger partial charge in [-0.2, -0.15) is 10.4 Å². The van der Waals surface area contributed by atoms with Gasteiger partial charge in [0.1, 0.15) is 18.1 Å². The van der Waals surface area contributed by atoms with Crippen molar-refractivity contribution >= 4 is 5.78 Å². The fourth-order valence-corrected chi connectivity index (χ4v) is 4.95. The molecule has 2 aromatic heterocycles. The zero-order valence-electron chi connectivity index (χ0n) is 15.7. The van der Waals surface area contributed by atoms with Crippen molar-refractivity contribution < 1.29 is 4.79 Å². The molecule has 0 aliphatic heterocycles. The van der Waals surface area contributed by atoms with Crippen LogP contribution in [0.15, 0.2) is 18.0 Å². The Morgan fingerprint density at radius 1 is 1.27 bits per heavy atom. The summed E-state index contributed by atoms with van der Waals surface area (Å²) in [6.07, 6.45) is 5.20. The predicted octanol–water partition coefficient (Wildman–Crippen LogP) is 2.09. The number of allylic oxidation sites excluding steroid dienone is 2. The number of fused-ring (bicyclic) bond motifs is 3. The molecule has 0 saturated heterocycles. The maximum atomic E-state index is 12.7. The van der Waals surface area contributed by atoms with E-state index in [1.807, 2.05) is 38.7 Å². The second kappa shape index (κ2) is 5.13. The molecule has 0 saturated carbocycles. The Balaban J connectivity index is 1.96. The maximum Gasteiger partial charge on any atom is 0.199 e. The highest BCUT2D eigenvalue weighted by atomic mass is 16.1. The van der Waals surface area contributed by atoms with E-state index in [1.165, 1.54) is 0 Å². The standard InChI is InChI=1S/C19H22N6O/c1-18(2)13-7-6-12-14(17-21-10-24(4)23-17)25(5)22-15(12)19(13,3)8-11(9-20)16(18)26/h8,10,13H,6-7H2,1-5H3/t13?,19-/m0/s1. The molecule has 2 heterocycles. The Labute approximate surface area is 152 Å². The second-order valence-corrected chi connectivity index (χ2v) is 8.14. The average Bonchev–Trinajstić information content (AvgIpc) is 3.14. The lowest BCUT2D eigenvalue weighted by atomic mass is 9.52. The molecular weight excluding hydrogens is 328 g/mol. The lowest BCUT2D eigenvalue weighted by molar-refractivity contribution is -0.128. The maximum absolute atomic E-state index is 12.7. The predicted molar refractivity (Wildman–Crippen MR) is 94.9 cm³/mol. The molecule has 2 aromatic rings. The number of nitrogens with zero attached hydrogens (tertiary/aromatic N) is 6. The topological polar surface area (TPSA) is 89.4 Å². The van der Waals surface area contributed by atoms with Gasteiger partial charge in [0.05, 0.1) is 11.3 Å². The molecule has 7 nitrogen and oxygen atoms in total. The third-order valence-electron chi connectivity index (χ3n) is 6.14. The van der Waals surface area contributed by atoms with Crippen LogP contribution in [0.25, 0.3) is 11.5 Å². The minimum absolute atomic E-state index is 0.0616. The van der Waals surface area contributed by atoms with Crippen molar-refractivity contribution in [1.82, 2.24) is 24.5 Å². The van der Waals surface area contributed by atoms with Gasteiger partial charge < -0.3 is 0 Å². The van der Waals surface area contributed by atoms with Gasteiger partial charge in [-0.25, -0.2) is 4.98 Å². The first-order valence-corrected chi connectivity index (χ1v) is 8.80. The van der Waals surface area contributed by atoms with Crippen molar-refractivity contribution in [3.8, 4) is 17.6 Å². The van der Waals surface area contributed by atoms with Gasteiger partial charge in [-0.3, -0.25) is 14.2 Å². The van der Waals surface area contributed by atoms with Gasteiger partial charge >= 0.3 is 0 Å². The third-order valence-corrected chi connectivity index (χ3v) is 6.14. The molecular formula is C19H22N6O. The summed E-state index contributed by atoms with van der Waals surface area (Å²) in [5.74, 6) is 0.696. The van der Waals surface area contributed by atoms with Crippen molar-refractivity contribution in [3.05, 3.63) is 29.2 Å². The molecule has 0 spiro atoms. The summed E-state index contributed by atoms with van der Waals surface area (Å²) in [7, 11) is 3.74. The van der Waals surface area contributed by atoms with Crippen molar-refractivity contribution in [2.75, 3.05) is 0 Å². The summed E-state index contributed by atoms with van der Waals surface area (Å²) in [4.78, 5) is 17.1. The first-order valence-electron chi connectivity index (χ1n) is 8.80. The van der Waals surface area contributed by atoms with Crippen LogP contribution in [-0.4, -0.2) is 30.3 Å². The number of rotatable bonds is 1. The van der Waals surface area contributed by atoms with Gasteiger partial charge in [0.2, 0.25) is 0 Å². The molecule has 26 heavy (non-hydrogen) atoms. The number of aryl methyl sites for hydroxylation is 2. The molecule has 0 N–H and O–H groups in total. The van der Waals surface area contributed by atoms with E-state index in [0.717, 1.165) is 29.8 Å². The van der Waals surface area contributed by atoms with Crippen molar-refractivity contribution in [2.24, 2.45) is 25.4 Å². The third kappa shape index (κ3) is 1.99. The molecule has 0 fully saturated rings. The van der Waals surface area contributed by atoms with E-state index in [9.17, 15) is 10.1 Å². The molecule has 0 radical (unpaired) electrons. The van der Waals surface area contributed by atoms with Gasteiger partial charge in [0.25, 0.3) is 0 Å². The highest BCUT2D eigenvalue weighted by Crippen LogP contribution is 2.55. The largest absolute Gasteiger partial charge is 0.293 e. The minimum atomic E-state index is -0.590. The van der Waals surface area contributed by atoms with Crippen molar-refractivity contribution in [1.29, 1.82) is 5.26 Å². The summed E-state index contributed by atoms with van der Waals surface area (Å²) in [6, 6.07) is 2.10. The van der Waals surface area contributed by atoms with Crippen LogP contribution in [0.5, 0.6) is 0 Å². The van der Waals surface area contributed by atoms with Crippen LogP contribution in [0.3, 0.4) is 0 Å². The highest BCUT2D eigenvalue weighted by molar-refractivity contribution is 6.04. The Morgan fingerprint density at radius 3 is 2.62 bits per heavy atom. The number of Topliss-reactive ketones (excluding diaryl/α,β-unsaturated/α-hetero) is 1. The van der Waals surface area contributed by atoms with Gasteiger partial charge in [-0.15, -0.1) is 5.10 Å². The zero-order valence-corrected chi connectivity index (χ0v) is 15.7. The van der Waals surface area contributed by atoms with Crippen LogP contribution in [0.1, 0.15) is 38.4 Å². The van der Waals surface area contributed by atoms with E-state index < -0.39 is 10.8 Å². The molecule has 4 rings (SSSR count). The van der Waals surface area contributed by atoms with E-state index in [0.29, 0.717) is 5.82 Å². The quantitative estimate of drug-likeness (QED) is 0.786. The molecule has 134 valence electrons. The zero-order chi connectivity index (χ0) is 18.9. The van der Waals surface area contributed by atoms with Gasteiger partial charge in [0, 0.05) is 30.5 Å². The fraction of sp³-hybridized carbons (Fsp3) is 0.526. The van der Waals surface area contributed by atoms with Gasteiger partial charge in [-0.05, 0) is 18.8 Å². The Bertz CT molecular complexity index is 1000. The summed E-state index contributed by atoms with van der Waals surface area (Å²) >= 11 is 0. The first kappa shape index (κ1) is 16.7. The lowest BCUT2D eigenvalue weighted by Crippen LogP contribution is -2.51. The Kier molecular flexibility index (Phi) is 3.30. The molecule has 0 bridgehead atoms. The number of aromatic nitrogens is 5. The number of hydrogen-bond donors (Lipinski definition) is 0. The molecule has 1 unspecified atom stereocenters. The smallest absolute Gasteiger partial charge is 0.199 e. The number of nitriles is 1. The average molecular weight is 350 g/mol. The lowest BCUT2D eigenvalue weighted by Gasteiger charge is -2.49. The number of ketones is 1. The van der Waals surface area contributed by atoms with Gasteiger partial charge in [-0.1, -0.05) is 26.8 Å². The minimum Gasteiger partial charge on any atom is -0.293 e. The number of carbonyl (C=O) groups is 1.